The SMILES string of the molecule is CC(N)C1CCN(c2c(F)cc(C#N)cc2F)CC1. The summed E-state index contributed by atoms with van der Waals surface area (Å²) in [6.07, 6.45) is 1.66. The lowest BCUT2D eigenvalue weighted by molar-refractivity contribution is 0.351. The van der Waals surface area contributed by atoms with Crippen LogP contribution in [-0.4, -0.2) is 19.1 Å². The number of piperidine rings is 1. The summed E-state index contributed by atoms with van der Waals surface area (Å²) in [6, 6.07) is 4.01. The summed E-state index contributed by atoms with van der Waals surface area (Å²) in [6.45, 7) is 3.14. The van der Waals surface area contributed by atoms with Gasteiger partial charge >= 0.3 is 0 Å². The number of nitrogens with zero attached hydrogens (tertiary/aromatic N) is 2. The fourth-order valence-electron chi connectivity index (χ4n) is 2.58. The highest BCUT2D eigenvalue weighted by Gasteiger charge is 2.25. The van der Waals surface area contributed by atoms with Gasteiger partial charge in [-0.05, 0) is 37.8 Å². The topological polar surface area (TPSA) is 53.0 Å². The van der Waals surface area contributed by atoms with Crippen molar-refractivity contribution in [1.82, 2.24) is 0 Å². The molecule has 2 N–H and O–H groups in total. The Labute approximate surface area is 111 Å². The third-order valence-corrected chi connectivity index (χ3v) is 3.75. The number of halogens is 2. The van der Waals surface area contributed by atoms with Gasteiger partial charge in [-0.3, -0.25) is 0 Å². The molecule has 1 fully saturated rings. The van der Waals surface area contributed by atoms with E-state index in [-0.39, 0.29) is 17.3 Å². The highest BCUT2D eigenvalue weighted by atomic mass is 19.1. The zero-order valence-electron chi connectivity index (χ0n) is 10.9. The Balaban J connectivity index is 2.18. The predicted octanol–water partition coefficient (Wildman–Crippen LogP) is 2.40. The lowest BCUT2D eigenvalue weighted by Crippen LogP contribution is -2.40. The first-order valence-corrected chi connectivity index (χ1v) is 6.42. The summed E-state index contributed by atoms with van der Waals surface area (Å²) in [5, 5.41) is 8.67. The Morgan fingerprint density at radius 2 is 1.84 bits per heavy atom. The largest absolute Gasteiger partial charge is 0.367 e. The molecule has 1 saturated heterocycles. The Bertz CT molecular complexity index is 477. The monoisotopic (exact) mass is 265 g/mol. The maximum Gasteiger partial charge on any atom is 0.150 e. The molecule has 1 heterocycles. The van der Waals surface area contributed by atoms with E-state index in [2.05, 4.69) is 0 Å². The molecular formula is C14H17F2N3. The molecule has 19 heavy (non-hydrogen) atoms. The number of rotatable bonds is 2. The predicted molar refractivity (Wildman–Crippen MR) is 69.7 cm³/mol. The number of nitriles is 1. The molecule has 3 nitrogen and oxygen atoms in total. The van der Waals surface area contributed by atoms with Crippen molar-refractivity contribution in [2.75, 3.05) is 18.0 Å². The standard InChI is InChI=1S/C14H17F2N3/c1-9(18)11-2-4-19(5-3-11)14-12(15)6-10(8-17)7-13(14)16/h6-7,9,11H,2-5,18H2,1H3. The van der Waals surface area contributed by atoms with Crippen molar-refractivity contribution in [2.45, 2.75) is 25.8 Å². The Morgan fingerprint density at radius 3 is 2.26 bits per heavy atom. The van der Waals surface area contributed by atoms with E-state index in [1.165, 1.54) is 0 Å². The molecule has 0 aliphatic carbocycles. The van der Waals surface area contributed by atoms with Crippen LogP contribution in [0.2, 0.25) is 0 Å². The molecule has 0 radical (unpaired) electrons. The smallest absolute Gasteiger partial charge is 0.150 e. The first-order valence-electron chi connectivity index (χ1n) is 6.42. The minimum atomic E-state index is -0.671. The molecule has 0 saturated carbocycles. The Morgan fingerprint density at radius 1 is 1.32 bits per heavy atom. The van der Waals surface area contributed by atoms with Crippen molar-refractivity contribution in [3.63, 3.8) is 0 Å². The van der Waals surface area contributed by atoms with Crippen LogP contribution in [0.3, 0.4) is 0 Å². The maximum absolute atomic E-state index is 13.9. The van der Waals surface area contributed by atoms with Gasteiger partial charge in [-0.15, -0.1) is 0 Å². The molecule has 0 aromatic heterocycles. The summed E-state index contributed by atoms with van der Waals surface area (Å²) >= 11 is 0. The molecule has 5 heteroatoms. The second kappa shape index (κ2) is 5.54. The Hall–Kier alpha value is -1.67. The second-order valence-electron chi connectivity index (χ2n) is 5.08. The third kappa shape index (κ3) is 2.85. The first kappa shape index (κ1) is 13.8. The van der Waals surface area contributed by atoms with Gasteiger partial charge in [-0.25, -0.2) is 8.78 Å². The maximum atomic E-state index is 13.9. The van der Waals surface area contributed by atoms with Gasteiger partial charge in [0.1, 0.15) is 5.69 Å². The van der Waals surface area contributed by atoms with Crippen LogP contribution in [0.1, 0.15) is 25.3 Å². The van der Waals surface area contributed by atoms with Crippen LogP contribution in [0, 0.1) is 28.9 Å². The lowest BCUT2D eigenvalue weighted by atomic mass is 9.90. The van der Waals surface area contributed by atoms with Gasteiger partial charge < -0.3 is 10.6 Å². The first-order chi connectivity index (χ1) is 9.02. The normalized spacial score (nSPS) is 18.2. The molecule has 1 aromatic carbocycles. The van der Waals surface area contributed by atoms with E-state index in [1.807, 2.05) is 6.92 Å². The molecule has 1 aromatic rings. The quantitative estimate of drug-likeness (QED) is 0.893. The highest BCUT2D eigenvalue weighted by Crippen LogP contribution is 2.29. The number of hydrogen-bond acceptors (Lipinski definition) is 3. The fraction of sp³-hybridized carbons (Fsp3) is 0.500. The Kier molecular flexibility index (Phi) is 4.01. The van der Waals surface area contributed by atoms with Gasteiger partial charge in [0.2, 0.25) is 0 Å². The van der Waals surface area contributed by atoms with Crippen LogP contribution in [0.15, 0.2) is 12.1 Å². The molecule has 102 valence electrons. The highest BCUT2D eigenvalue weighted by molar-refractivity contribution is 5.52. The lowest BCUT2D eigenvalue weighted by Gasteiger charge is -2.35. The van der Waals surface area contributed by atoms with Gasteiger partial charge in [0, 0.05) is 19.1 Å². The van der Waals surface area contributed by atoms with Gasteiger partial charge in [-0.2, -0.15) is 5.26 Å². The van der Waals surface area contributed by atoms with Crippen molar-refractivity contribution < 1.29 is 8.78 Å². The average Bonchev–Trinajstić information content (AvgIpc) is 2.38. The van der Waals surface area contributed by atoms with E-state index in [0.29, 0.717) is 19.0 Å². The zero-order chi connectivity index (χ0) is 14.0. The second-order valence-corrected chi connectivity index (χ2v) is 5.08. The van der Waals surface area contributed by atoms with Crippen LogP contribution in [0.5, 0.6) is 0 Å². The van der Waals surface area contributed by atoms with E-state index < -0.39 is 11.6 Å². The van der Waals surface area contributed by atoms with Gasteiger partial charge in [0.15, 0.2) is 11.6 Å². The minimum absolute atomic E-state index is 0.00390. The van der Waals surface area contributed by atoms with Crippen LogP contribution in [0.4, 0.5) is 14.5 Å². The van der Waals surface area contributed by atoms with Gasteiger partial charge in [0.25, 0.3) is 0 Å². The molecular weight excluding hydrogens is 248 g/mol. The summed E-state index contributed by atoms with van der Waals surface area (Å²) < 4.78 is 27.8. The zero-order valence-corrected chi connectivity index (χ0v) is 10.9. The third-order valence-electron chi connectivity index (χ3n) is 3.75. The summed E-state index contributed by atoms with van der Waals surface area (Å²) in [4.78, 5) is 1.70. The number of nitrogens with two attached hydrogens (primary N) is 1. The summed E-state index contributed by atoms with van der Waals surface area (Å²) in [5.41, 5.74) is 5.82. The molecule has 1 aliphatic heterocycles. The molecule has 0 bridgehead atoms. The summed E-state index contributed by atoms with van der Waals surface area (Å²) in [5.74, 6) is -0.938. The molecule has 1 aliphatic rings. The van der Waals surface area contributed by atoms with E-state index in [1.54, 1.807) is 11.0 Å². The number of benzene rings is 1. The van der Waals surface area contributed by atoms with Crippen LogP contribution in [-0.2, 0) is 0 Å². The average molecular weight is 265 g/mol. The molecule has 1 unspecified atom stereocenters. The molecule has 0 spiro atoms. The van der Waals surface area contributed by atoms with Crippen molar-refractivity contribution in [1.29, 1.82) is 5.26 Å². The fourth-order valence-corrected chi connectivity index (χ4v) is 2.58. The van der Waals surface area contributed by atoms with E-state index >= 15 is 0 Å². The van der Waals surface area contributed by atoms with Crippen LogP contribution >= 0.6 is 0 Å². The van der Waals surface area contributed by atoms with Crippen molar-refractivity contribution in [3.8, 4) is 6.07 Å². The van der Waals surface area contributed by atoms with Gasteiger partial charge in [0.05, 0.1) is 11.6 Å². The van der Waals surface area contributed by atoms with Gasteiger partial charge in [-0.1, -0.05) is 0 Å². The molecule has 2 rings (SSSR count). The van der Waals surface area contributed by atoms with Crippen molar-refractivity contribution in [2.24, 2.45) is 11.7 Å². The summed E-state index contributed by atoms with van der Waals surface area (Å²) in [7, 11) is 0. The number of anilines is 1. The molecule has 0 amide bonds. The van der Waals surface area contributed by atoms with E-state index in [0.717, 1.165) is 25.0 Å². The van der Waals surface area contributed by atoms with E-state index in [4.69, 9.17) is 11.0 Å². The van der Waals surface area contributed by atoms with Crippen LogP contribution < -0.4 is 10.6 Å². The van der Waals surface area contributed by atoms with Crippen LogP contribution in [0.25, 0.3) is 0 Å². The molecule has 1 atom stereocenters. The van der Waals surface area contributed by atoms with Crippen molar-refractivity contribution in [3.05, 3.63) is 29.3 Å². The van der Waals surface area contributed by atoms with Crippen molar-refractivity contribution >= 4 is 5.69 Å². The minimum Gasteiger partial charge on any atom is -0.367 e. The van der Waals surface area contributed by atoms with E-state index in [9.17, 15) is 8.78 Å². The number of hydrogen-bond donors (Lipinski definition) is 1.